The topological polar surface area (TPSA) is 98.2 Å². The van der Waals surface area contributed by atoms with Gasteiger partial charge < -0.3 is 14.5 Å². The van der Waals surface area contributed by atoms with Gasteiger partial charge in [-0.05, 0) is 52.4 Å². The lowest BCUT2D eigenvalue weighted by molar-refractivity contribution is 0.121. The Balaban J connectivity index is 1.75. The first-order chi connectivity index (χ1) is 17.4. The minimum absolute atomic E-state index is 0.119. The van der Waals surface area contributed by atoms with Gasteiger partial charge in [0.1, 0.15) is 5.75 Å². The zero-order chi connectivity index (χ0) is 25.7. The standard InChI is InChI=1S/C27H34N6O3/c1-18(2)25(26-29-30-31-33(26)12-13-35-4)32(16-20-8-6-19(3)7-9-20)17-22-14-21-10-11-23(36-5)15-24(21)28-27(22)34/h6-11,14-15,18,25H,12-13,16-17H2,1-5H3,(H,28,34)/t25-/m0/s1. The van der Waals surface area contributed by atoms with Crippen LogP contribution in [0.4, 0.5) is 0 Å². The maximum atomic E-state index is 13.2. The smallest absolute Gasteiger partial charge is 0.252 e. The van der Waals surface area contributed by atoms with Gasteiger partial charge in [-0.15, -0.1) is 5.10 Å². The molecule has 2 heterocycles. The Bertz CT molecular complexity index is 1350. The van der Waals surface area contributed by atoms with Crippen LogP contribution in [-0.4, -0.2) is 50.9 Å². The minimum Gasteiger partial charge on any atom is -0.497 e. The highest BCUT2D eigenvalue weighted by molar-refractivity contribution is 5.80. The van der Waals surface area contributed by atoms with Crippen LogP contribution in [0.3, 0.4) is 0 Å². The maximum absolute atomic E-state index is 13.2. The molecule has 0 saturated heterocycles. The lowest BCUT2D eigenvalue weighted by atomic mass is 9.99. The van der Waals surface area contributed by atoms with Crippen molar-refractivity contribution in [3.05, 3.63) is 81.4 Å². The lowest BCUT2D eigenvalue weighted by Gasteiger charge is -2.33. The van der Waals surface area contributed by atoms with Crippen LogP contribution in [0.15, 0.2) is 53.3 Å². The Morgan fingerprint density at radius 1 is 1.06 bits per heavy atom. The summed E-state index contributed by atoms with van der Waals surface area (Å²) in [6.45, 7) is 8.52. The Hall–Kier alpha value is -3.56. The monoisotopic (exact) mass is 490 g/mol. The van der Waals surface area contributed by atoms with E-state index >= 15 is 0 Å². The number of aromatic amines is 1. The highest BCUT2D eigenvalue weighted by atomic mass is 16.5. The molecule has 0 amide bonds. The molecule has 4 aromatic rings. The van der Waals surface area contributed by atoms with Crippen LogP contribution in [0.25, 0.3) is 10.9 Å². The Labute approximate surface area is 211 Å². The number of benzene rings is 2. The molecule has 0 fully saturated rings. The number of aromatic nitrogens is 5. The number of nitrogens with one attached hydrogen (secondary N) is 1. The predicted molar refractivity (Wildman–Crippen MR) is 139 cm³/mol. The summed E-state index contributed by atoms with van der Waals surface area (Å²) in [5.41, 5.74) is 3.67. The van der Waals surface area contributed by atoms with Gasteiger partial charge >= 0.3 is 0 Å². The highest BCUT2D eigenvalue weighted by Gasteiger charge is 2.30. The molecule has 1 atom stereocenters. The predicted octanol–water partition coefficient (Wildman–Crippen LogP) is 3.88. The van der Waals surface area contributed by atoms with Crippen molar-refractivity contribution in [1.29, 1.82) is 0 Å². The molecule has 0 radical (unpaired) electrons. The third-order valence-electron chi connectivity index (χ3n) is 6.37. The molecule has 190 valence electrons. The third-order valence-corrected chi connectivity index (χ3v) is 6.37. The molecule has 0 aliphatic rings. The number of methoxy groups -OCH3 is 2. The molecule has 1 N–H and O–H groups in total. The van der Waals surface area contributed by atoms with Crippen molar-refractivity contribution in [2.45, 2.75) is 46.4 Å². The van der Waals surface area contributed by atoms with Crippen LogP contribution < -0.4 is 10.3 Å². The van der Waals surface area contributed by atoms with Crippen LogP contribution in [0.1, 0.15) is 42.4 Å². The number of tetrazole rings is 1. The van der Waals surface area contributed by atoms with E-state index in [4.69, 9.17) is 9.47 Å². The molecule has 0 aliphatic carbocycles. The van der Waals surface area contributed by atoms with E-state index in [0.717, 1.165) is 22.3 Å². The molecule has 0 aliphatic heterocycles. The van der Waals surface area contributed by atoms with E-state index < -0.39 is 0 Å². The highest BCUT2D eigenvalue weighted by Crippen LogP contribution is 2.30. The summed E-state index contributed by atoms with van der Waals surface area (Å²) in [5, 5.41) is 13.5. The normalized spacial score (nSPS) is 12.5. The molecule has 0 saturated carbocycles. The summed E-state index contributed by atoms with van der Waals surface area (Å²) in [5.74, 6) is 1.65. The zero-order valence-corrected chi connectivity index (χ0v) is 21.6. The van der Waals surface area contributed by atoms with Crippen molar-refractivity contribution in [1.82, 2.24) is 30.1 Å². The van der Waals surface area contributed by atoms with Crippen molar-refractivity contribution < 1.29 is 9.47 Å². The third kappa shape index (κ3) is 5.80. The second-order valence-electron chi connectivity index (χ2n) is 9.41. The molecule has 2 aromatic carbocycles. The second-order valence-corrected chi connectivity index (χ2v) is 9.41. The molecule has 0 bridgehead atoms. The number of pyridine rings is 1. The van der Waals surface area contributed by atoms with Crippen LogP contribution >= 0.6 is 0 Å². The summed E-state index contributed by atoms with van der Waals surface area (Å²) in [4.78, 5) is 18.5. The number of nitrogens with zero attached hydrogens (tertiary/aromatic N) is 5. The molecule has 9 heteroatoms. The number of hydrogen-bond donors (Lipinski definition) is 1. The second kappa shape index (κ2) is 11.5. The first-order valence-corrected chi connectivity index (χ1v) is 12.1. The van der Waals surface area contributed by atoms with E-state index in [-0.39, 0.29) is 17.5 Å². The van der Waals surface area contributed by atoms with E-state index in [9.17, 15) is 4.79 Å². The summed E-state index contributed by atoms with van der Waals surface area (Å²) in [6, 6.07) is 16.0. The van der Waals surface area contributed by atoms with Gasteiger partial charge in [0.2, 0.25) is 0 Å². The summed E-state index contributed by atoms with van der Waals surface area (Å²) in [6.07, 6.45) is 0. The Kier molecular flexibility index (Phi) is 8.12. The quantitative estimate of drug-likeness (QED) is 0.341. The van der Waals surface area contributed by atoms with Gasteiger partial charge in [-0.1, -0.05) is 43.7 Å². The average molecular weight is 491 g/mol. The molecule has 36 heavy (non-hydrogen) atoms. The van der Waals surface area contributed by atoms with Gasteiger partial charge in [0.25, 0.3) is 5.56 Å². The summed E-state index contributed by atoms with van der Waals surface area (Å²) >= 11 is 0. The maximum Gasteiger partial charge on any atom is 0.252 e. The van der Waals surface area contributed by atoms with Gasteiger partial charge in [-0.3, -0.25) is 9.69 Å². The van der Waals surface area contributed by atoms with Crippen molar-refractivity contribution in [2.24, 2.45) is 5.92 Å². The van der Waals surface area contributed by atoms with Gasteiger partial charge in [0.05, 0.1) is 31.8 Å². The fourth-order valence-corrected chi connectivity index (χ4v) is 4.51. The number of rotatable bonds is 11. The van der Waals surface area contributed by atoms with Crippen molar-refractivity contribution in [2.75, 3.05) is 20.8 Å². The SMILES string of the molecule is COCCn1nnnc1[C@H](C(C)C)N(Cc1ccc(C)cc1)Cc1cc2ccc(OC)cc2[nH]c1=O. The lowest BCUT2D eigenvalue weighted by Crippen LogP contribution is -2.35. The number of ether oxygens (including phenoxy) is 2. The van der Waals surface area contributed by atoms with Crippen molar-refractivity contribution in [3.63, 3.8) is 0 Å². The number of H-pyrrole nitrogens is 1. The summed E-state index contributed by atoms with van der Waals surface area (Å²) in [7, 11) is 3.28. The van der Waals surface area contributed by atoms with Crippen LogP contribution in [0, 0.1) is 12.8 Å². The molecule has 0 spiro atoms. The number of fused-ring (bicyclic) bond motifs is 1. The minimum atomic E-state index is -0.121. The van der Waals surface area contributed by atoms with E-state index in [2.05, 4.69) is 70.4 Å². The van der Waals surface area contributed by atoms with Crippen molar-refractivity contribution in [3.8, 4) is 5.75 Å². The molecule has 0 unspecified atom stereocenters. The Morgan fingerprint density at radius 2 is 1.83 bits per heavy atom. The van der Waals surface area contributed by atoms with Crippen molar-refractivity contribution >= 4 is 10.9 Å². The van der Waals surface area contributed by atoms with Gasteiger partial charge in [0.15, 0.2) is 5.82 Å². The van der Waals surface area contributed by atoms with Crippen LogP contribution in [0.2, 0.25) is 0 Å². The molecule has 2 aromatic heterocycles. The first-order valence-electron chi connectivity index (χ1n) is 12.1. The molecule has 4 rings (SSSR count). The molecular formula is C27H34N6O3. The van der Waals surface area contributed by atoms with Gasteiger partial charge in [0, 0.05) is 31.8 Å². The first kappa shape index (κ1) is 25.5. The van der Waals surface area contributed by atoms with Crippen LogP contribution in [0.5, 0.6) is 5.75 Å². The average Bonchev–Trinajstić information content (AvgIpc) is 3.31. The largest absolute Gasteiger partial charge is 0.497 e. The molecule has 9 nitrogen and oxygen atoms in total. The molecular weight excluding hydrogens is 456 g/mol. The van der Waals surface area contributed by atoms with Gasteiger partial charge in [-0.25, -0.2) is 4.68 Å². The van der Waals surface area contributed by atoms with Gasteiger partial charge in [-0.2, -0.15) is 0 Å². The Morgan fingerprint density at radius 3 is 2.53 bits per heavy atom. The summed E-state index contributed by atoms with van der Waals surface area (Å²) < 4.78 is 12.4. The van der Waals surface area contributed by atoms with E-state index in [1.165, 1.54) is 5.56 Å². The zero-order valence-electron chi connectivity index (χ0n) is 21.6. The number of hydrogen-bond acceptors (Lipinski definition) is 7. The fourth-order valence-electron chi connectivity index (χ4n) is 4.51. The van der Waals surface area contributed by atoms with E-state index in [1.807, 2.05) is 24.3 Å². The van der Waals surface area contributed by atoms with E-state index in [0.29, 0.717) is 37.6 Å². The van der Waals surface area contributed by atoms with Crippen LogP contribution in [-0.2, 0) is 24.4 Å². The van der Waals surface area contributed by atoms with E-state index in [1.54, 1.807) is 18.9 Å². The fraction of sp³-hybridized carbons (Fsp3) is 0.407. The number of aryl methyl sites for hydroxylation is 1.